The molecule has 1 heterocycles. The van der Waals surface area contributed by atoms with Gasteiger partial charge in [-0.1, -0.05) is 55.2 Å². The minimum atomic E-state index is -1.13. The molecule has 27 heavy (non-hydrogen) atoms. The molecule has 3 rings (SSSR count). The van der Waals surface area contributed by atoms with Crippen molar-refractivity contribution in [2.45, 2.75) is 26.2 Å². The molecule has 6 heteroatoms. The Balaban J connectivity index is 2.39. The number of halogens is 2. The van der Waals surface area contributed by atoms with Crippen molar-refractivity contribution in [1.29, 1.82) is 0 Å². The summed E-state index contributed by atoms with van der Waals surface area (Å²) in [5.74, 6) is -0.849. The maximum atomic E-state index is 11.7. The van der Waals surface area contributed by atoms with E-state index in [2.05, 4.69) is 4.98 Å². The zero-order valence-electron chi connectivity index (χ0n) is 15.2. The number of carboxylic acids is 1. The van der Waals surface area contributed by atoms with Crippen molar-refractivity contribution in [2.75, 3.05) is 7.11 Å². The van der Waals surface area contributed by atoms with Gasteiger partial charge < -0.3 is 9.84 Å². The Morgan fingerprint density at radius 2 is 1.85 bits per heavy atom. The van der Waals surface area contributed by atoms with Crippen LogP contribution in [0.15, 0.2) is 36.4 Å². The predicted octanol–water partition coefficient (Wildman–Crippen LogP) is 5.96. The molecular formula is C21H19Cl2NO3. The largest absolute Gasteiger partial charge is 0.494 e. The molecule has 0 saturated heterocycles. The highest BCUT2D eigenvalue weighted by molar-refractivity contribution is 6.33. The third kappa shape index (κ3) is 3.60. The van der Waals surface area contributed by atoms with E-state index in [9.17, 15) is 9.90 Å². The van der Waals surface area contributed by atoms with Crippen molar-refractivity contribution in [2.24, 2.45) is 0 Å². The molecule has 1 aromatic heterocycles. The van der Waals surface area contributed by atoms with E-state index in [-0.39, 0.29) is 17.4 Å². The number of benzene rings is 2. The minimum Gasteiger partial charge on any atom is -0.494 e. The summed E-state index contributed by atoms with van der Waals surface area (Å²) in [7, 11) is 1.46. The highest BCUT2D eigenvalue weighted by atomic mass is 35.5. The fraction of sp³-hybridized carbons (Fsp3) is 0.238. The highest BCUT2D eigenvalue weighted by Gasteiger charge is 2.25. The molecule has 1 N–H and O–H groups in total. The van der Waals surface area contributed by atoms with Gasteiger partial charge in [0.15, 0.2) is 11.4 Å². The molecule has 0 amide bonds. The van der Waals surface area contributed by atoms with Crippen LogP contribution in [0.25, 0.3) is 10.9 Å². The summed E-state index contributed by atoms with van der Waals surface area (Å²) in [5.41, 5.74) is 3.05. The van der Waals surface area contributed by atoms with E-state index >= 15 is 0 Å². The number of aromatic nitrogens is 1. The third-order valence-corrected chi connectivity index (χ3v) is 5.23. The Kier molecular flexibility index (Phi) is 5.59. The van der Waals surface area contributed by atoms with E-state index in [0.29, 0.717) is 22.0 Å². The van der Waals surface area contributed by atoms with Crippen LogP contribution in [0.5, 0.6) is 5.75 Å². The number of hydrogen-bond acceptors (Lipinski definition) is 3. The Morgan fingerprint density at radius 3 is 2.44 bits per heavy atom. The molecule has 3 aromatic rings. The monoisotopic (exact) mass is 403 g/mol. The Hall–Kier alpha value is -2.30. The zero-order chi connectivity index (χ0) is 19.7. The lowest BCUT2D eigenvalue weighted by atomic mass is 9.91. The van der Waals surface area contributed by atoms with Gasteiger partial charge in [-0.05, 0) is 35.2 Å². The zero-order valence-corrected chi connectivity index (χ0v) is 16.7. The summed E-state index contributed by atoms with van der Waals surface area (Å²) >= 11 is 12.9. The maximum absolute atomic E-state index is 11.7. The summed E-state index contributed by atoms with van der Waals surface area (Å²) in [6.07, 6.45) is 0.507. The standard InChI is InChI=1S/C21H19Cl2NO3/c1-11(2)17-18-13(10-12-6-4-5-7-14(12)22)15(23)8-9-16(18)24-19(21(25)26)20(17)27-3/h4-9,11H,10H2,1-3H3,(H,25,26). The average molecular weight is 404 g/mol. The van der Waals surface area contributed by atoms with Crippen molar-refractivity contribution in [1.82, 2.24) is 4.98 Å². The number of rotatable bonds is 5. The van der Waals surface area contributed by atoms with Gasteiger partial charge in [0.1, 0.15) is 0 Å². The summed E-state index contributed by atoms with van der Waals surface area (Å²) in [6, 6.07) is 11.1. The van der Waals surface area contributed by atoms with Gasteiger partial charge in [0.05, 0.1) is 12.6 Å². The summed E-state index contributed by atoms with van der Waals surface area (Å²) in [6.45, 7) is 3.98. The number of ether oxygens (including phenoxy) is 1. The lowest BCUT2D eigenvalue weighted by molar-refractivity contribution is 0.0687. The molecular weight excluding hydrogens is 385 g/mol. The number of aromatic carboxylic acids is 1. The molecule has 0 saturated carbocycles. The highest BCUT2D eigenvalue weighted by Crippen LogP contribution is 2.40. The fourth-order valence-electron chi connectivity index (χ4n) is 3.32. The van der Waals surface area contributed by atoms with Gasteiger partial charge in [0.25, 0.3) is 0 Å². The molecule has 0 fully saturated rings. The number of pyridine rings is 1. The molecule has 0 bridgehead atoms. The number of carboxylic acid groups (broad SMARTS) is 1. The number of hydrogen-bond donors (Lipinski definition) is 1. The van der Waals surface area contributed by atoms with Gasteiger partial charge >= 0.3 is 5.97 Å². The van der Waals surface area contributed by atoms with Gasteiger partial charge in [-0.25, -0.2) is 9.78 Å². The first-order valence-electron chi connectivity index (χ1n) is 8.50. The first-order chi connectivity index (χ1) is 12.8. The lowest BCUT2D eigenvalue weighted by Crippen LogP contribution is -2.10. The average Bonchev–Trinajstić information content (AvgIpc) is 2.63. The molecule has 0 aliphatic heterocycles. The quantitative estimate of drug-likeness (QED) is 0.570. The third-order valence-electron chi connectivity index (χ3n) is 4.50. The second-order valence-corrected chi connectivity index (χ2v) is 7.37. The van der Waals surface area contributed by atoms with Crippen molar-refractivity contribution in [3.05, 3.63) is 68.8 Å². The molecule has 0 atom stereocenters. The minimum absolute atomic E-state index is 0.00649. The van der Waals surface area contributed by atoms with Crippen LogP contribution in [0.4, 0.5) is 0 Å². The van der Waals surface area contributed by atoms with E-state index in [1.165, 1.54) is 7.11 Å². The Bertz CT molecular complexity index is 1030. The molecule has 0 spiro atoms. The molecule has 0 radical (unpaired) electrons. The molecule has 140 valence electrons. The smallest absolute Gasteiger partial charge is 0.358 e. The van der Waals surface area contributed by atoms with E-state index in [0.717, 1.165) is 22.1 Å². The van der Waals surface area contributed by atoms with Gasteiger partial charge in [0, 0.05) is 27.4 Å². The number of fused-ring (bicyclic) bond motifs is 1. The molecule has 0 aliphatic carbocycles. The lowest BCUT2D eigenvalue weighted by Gasteiger charge is -2.20. The van der Waals surface area contributed by atoms with Crippen LogP contribution < -0.4 is 4.74 Å². The van der Waals surface area contributed by atoms with Crippen LogP contribution in [0.1, 0.15) is 46.9 Å². The molecule has 2 aromatic carbocycles. The second kappa shape index (κ2) is 7.75. The Labute approximate surface area is 167 Å². The van der Waals surface area contributed by atoms with E-state index in [1.807, 2.05) is 38.1 Å². The van der Waals surface area contributed by atoms with Crippen molar-refractivity contribution < 1.29 is 14.6 Å². The van der Waals surface area contributed by atoms with Crippen molar-refractivity contribution in [3.63, 3.8) is 0 Å². The van der Waals surface area contributed by atoms with Crippen LogP contribution in [-0.4, -0.2) is 23.2 Å². The predicted molar refractivity (Wildman–Crippen MR) is 109 cm³/mol. The van der Waals surface area contributed by atoms with E-state index in [1.54, 1.807) is 12.1 Å². The topological polar surface area (TPSA) is 59.4 Å². The van der Waals surface area contributed by atoms with Crippen LogP contribution in [-0.2, 0) is 6.42 Å². The molecule has 0 unspecified atom stereocenters. The van der Waals surface area contributed by atoms with Crippen LogP contribution in [0, 0.1) is 0 Å². The fourth-order valence-corrected chi connectivity index (χ4v) is 3.75. The summed E-state index contributed by atoms with van der Waals surface area (Å²) in [5, 5.41) is 11.6. The SMILES string of the molecule is COc1c(C(=O)O)nc2ccc(Cl)c(Cc3ccccc3Cl)c2c1C(C)C. The summed E-state index contributed by atoms with van der Waals surface area (Å²) < 4.78 is 5.46. The van der Waals surface area contributed by atoms with Gasteiger partial charge in [0.2, 0.25) is 0 Å². The summed E-state index contributed by atoms with van der Waals surface area (Å²) in [4.78, 5) is 16.0. The number of methoxy groups -OCH3 is 1. The van der Waals surface area contributed by atoms with Crippen LogP contribution >= 0.6 is 23.2 Å². The van der Waals surface area contributed by atoms with E-state index in [4.69, 9.17) is 27.9 Å². The normalized spacial score (nSPS) is 11.2. The van der Waals surface area contributed by atoms with Crippen molar-refractivity contribution in [3.8, 4) is 5.75 Å². The van der Waals surface area contributed by atoms with Crippen LogP contribution in [0.2, 0.25) is 10.0 Å². The first-order valence-corrected chi connectivity index (χ1v) is 9.26. The maximum Gasteiger partial charge on any atom is 0.358 e. The first kappa shape index (κ1) is 19.5. The number of carbonyl (C=O) groups is 1. The van der Waals surface area contributed by atoms with Gasteiger partial charge in [-0.3, -0.25) is 0 Å². The van der Waals surface area contributed by atoms with Gasteiger partial charge in [-0.2, -0.15) is 0 Å². The van der Waals surface area contributed by atoms with Gasteiger partial charge in [-0.15, -0.1) is 0 Å². The molecule has 4 nitrogen and oxygen atoms in total. The van der Waals surface area contributed by atoms with Crippen LogP contribution in [0.3, 0.4) is 0 Å². The second-order valence-electron chi connectivity index (χ2n) is 6.56. The molecule has 0 aliphatic rings. The Morgan fingerprint density at radius 1 is 1.15 bits per heavy atom. The van der Waals surface area contributed by atoms with E-state index < -0.39 is 5.97 Å². The number of nitrogens with zero attached hydrogens (tertiary/aromatic N) is 1. The van der Waals surface area contributed by atoms with Crippen molar-refractivity contribution >= 4 is 40.1 Å².